The molecule has 0 atom stereocenters. The van der Waals surface area contributed by atoms with Crippen molar-refractivity contribution >= 4 is 46.4 Å². The van der Waals surface area contributed by atoms with E-state index in [1.165, 1.54) is 0 Å². The maximum Gasteiger partial charge on any atom is 0.226 e. The molecule has 2 aromatic carbocycles. The summed E-state index contributed by atoms with van der Waals surface area (Å²) in [5.41, 5.74) is 2.21. The van der Waals surface area contributed by atoms with Gasteiger partial charge in [-0.15, -0.1) is 0 Å². The first-order valence-corrected chi connectivity index (χ1v) is 8.76. The van der Waals surface area contributed by atoms with Gasteiger partial charge >= 0.3 is 0 Å². The summed E-state index contributed by atoms with van der Waals surface area (Å²) < 4.78 is 0. The molecule has 0 saturated heterocycles. The minimum Gasteiger partial charge on any atom is -0.326 e. The lowest BCUT2D eigenvalue weighted by Gasteiger charge is -2.10. The molecule has 6 heteroatoms. The number of carbonyl (C=O) groups is 2. The standard InChI is InChI=1S/C19H20Cl2N2O2/c1-12(2)19(25)23-15-9-7-14(8-10-15)22-17(24)11-6-13-4-3-5-16(20)18(13)21/h3-5,7-10,12H,6,11H2,1-2H3,(H,22,24)(H,23,25). The van der Waals surface area contributed by atoms with Crippen LogP contribution < -0.4 is 10.6 Å². The maximum atomic E-state index is 12.1. The van der Waals surface area contributed by atoms with Gasteiger partial charge in [0.15, 0.2) is 0 Å². The Hall–Kier alpha value is -2.04. The Bertz CT molecular complexity index is 759. The lowest BCUT2D eigenvalue weighted by molar-refractivity contribution is -0.119. The topological polar surface area (TPSA) is 58.2 Å². The van der Waals surface area contributed by atoms with Crippen molar-refractivity contribution in [1.29, 1.82) is 0 Å². The zero-order chi connectivity index (χ0) is 18.4. The van der Waals surface area contributed by atoms with Gasteiger partial charge in [-0.1, -0.05) is 49.2 Å². The Morgan fingerprint density at radius 1 is 0.960 bits per heavy atom. The first kappa shape index (κ1) is 19.3. The van der Waals surface area contributed by atoms with Gasteiger partial charge in [-0.2, -0.15) is 0 Å². The molecule has 132 valence electrons. The van der Waals surface area contributed by atoms with E-state index in [1.54, 1.807) is 30.3 Å². The highest BCUT2D eigenvalue weighted by Gasteiger charge is 2.09. The zero-order valence-electron chi connectivity index (χ0n) is 14.1. The molecule has 0 bridgehead atoms. The van der Waals surface area contributed by atoms with Crippen molar-refractivity contribution in [2.75, 3.05) is 10.6 Å². The number of anilines is 2. The number of aryl methyl sites for hydroxylation is 1. The van der Waals surface area contributed by atoms with Crippen molar-refractivity contribution < 1.29 is 9.59 Å². The molecule has 25 heavy (non-hydrogen) atoms. The minimum absolute atomic E-state index is 0.0461. The van der Waals surface area contributed by atoms with Crippen LogP contribution >= 0.6 is 23.2 Å². The summed E-state index contributed by atoms with van der Waals surface area (Å²) in [4.78, 5) is 23.7. The van der Waals surface area contributed by atoms with Gasteiger partial charge < -0.3 is 10.6 Å². The van der Waals surface area contributed by atoms with Crippen molar-refractivity contribution in [2.24, 2.45) is 5.92 Å². The molecule has 2 N–H and O–H groups in total. The van der Waals surface area contributed by atoms with Gasteiger partial charge in [-0.25, -0.2) is 0 Å². The summed E-state index contributed by atoms with van der Waals surface area (Å²) in [5, 5.41) is 6.60. The minimum atomic E-state index is -0.116. The fourth-order valence-corrected chi connectivity index (χ4v) is 2.55. The summed E-state index contributed by atoms with van der Waals surface area (Å²) >= 11 is 12.1. The van der Waals surface area contributed by atoms with Crippen molar-refractivity contribution in [3.05, 3.63) is 58.1 Å². The highest BCUT2D eigenvalue weighted by atomic mass is 35.5. The maximum absolute atomic E-state index is 12.1. The van der Waals surface area contributed by atoms with E-state index in [1.807, 2.05) is 26.0 Å². The normalized spacial score (nSPS) is 10.6. The first-order valence-electron chi connectivity index (χ1n) is 8.00. The van der Waals surface area contributed by atoms with Crippen LogP contribution in [0.4, 0.5) is 11.4 Å². The largest absolute Gasteiger partial charge is 0.326 e. The van der Waals surface area contributed by atoms with E-state index in [9.17, 15) is 9.59 Å². The molecule has 0 radical (unpaired) electrons. The highest BCUT2D eigenvalue weighted by Crippen LogP contribution is 2.26. The molecule has 0 saturated carbocycles. The zero-order valence-corrected chi connectivity index (χ0v) is 15.6. The number of nitrogens with one attached hydrogen (secondary N) is 2. The quantitative estimate of drug-likeness (QED) is 0.729. The van der Waals surface area contributed by atoms with Crippen LogP contribution in [0.5, 0.6) is 0 Å². The monoisotopic (exact) mass is 378 g/mol. The number of rotatable bonds is 6. The average Bonchev–Trinajstić information content (AvgIpc) is 2.58. The fourth-order valence-electron chi connectivity index (χ4n) is 2.14. The molecule has 2 aromatic rings. The predicted octanol–water partition coefficient (Wildman–Crippen LogP) is 5.16. The van der Waals surface area contributed by atoms with Crippen LogP contribution in [-0.4, -0.2) is 11.8 Å². The summed E-state index contributed by atoms with van der Waals surface area (Å²) in [6.07, 6.45) is 0.805. The SMILES string of the molecule is CC(C)C(=O)Nc1ccc(NC(=O)CCc2cccc(Cl)c2Cl)cc1. The molecule has 0 fully saturated rings. The molecule has 0 spiro atoms. The number of carbonyl (C=O) groups excluding carboxylic acids is 2. The lowest BCUT2D eigenvalue weighted by atomic mass is 10.1. The highest BCUT2D eigenvalue weighted by molar-refractivity contribution is 6.42. The van der Waals surface area contributed by atoms with Crippen LogP contribution in [0.3, 0.4) is 0 Å². The third-order valence-electron chi connectivity index (χ3n) is 3.61. The van der Waals surface area contributed by atoms with Crippen LogP contribution in [0.1, 0.15) is 25.8 Å². The smallest absolute Gasteiger partial charge is 0.226 e. The molecule has 2 amide bonds. The van der Waals surface area contributed by atoms with Gasteiger partial charge in [0.2, 0.25) is 11.8 Å². The molecule has 4 nitrogen and oxygen atoms in total. The van der Waals surface area contributed by atoms with Gasteiger partial charge in [-0.3, -0.25) is 9.59 Å². The molecule has 0 aliphatic heterocycles. The number of amides is 2. The van der Waals surface area contributed by atoms with Crippen LogP contribution in [0.2, 0.25) is 10.0 Å². The van der Waals surface area contributed by atoms with Crippen LogP contribution in [0.25, 0.3) is 0 Å². The Balaban J connectivity index is 1.88. The Kier molecular flexibility index (Phi) is 6.85. The van der Waals surface area contributed by atoms with Crippen LogP contribution in [-0.2, 0) is 16.0 Å². The second-order valence-corrected chi connectivity index (χ2v) is 6.77. The van der Waals surface area contributed by atoms with Gasteiger partial charge in [-0.05, 0) is 42.3 Å². The van der Waals surface area contributed by atoms with E-state index in [0.29, 0.717) is 34.3 Å². The van der Waals surface area contributed by atoms with Crippen LogP contribution in [0, 0.1) is 5.92 Å². The van der Waals surface area contributed by atoms with Gasteiger partial charge in [0.1, 0.15) is 0 Å². The van der Waals surface area contributed by atoms with Gasteiger partial charge in [0.25, 0.3) is 0 Å². The number of hydrogen-bond acceptors (Lipinski definition) is 2. The predicted molar refractivity (Wildman–Crippen MR) is 103 cm³/mol. The van der Waals surface area contributed by atoms with Crippen molar-refractivity contribution in [2.45, 2.75) is 26.7 Å². The first-order chi connectivity index (χ1) is 11.9. The summed E-state index contributed by atoms with van der Waals surface area (Å²) in [6.45, 7) is 3.66. The van der Waals surface area contributed by atoms with E-state index in [2.05, 4.69) is 10.6 Å². The third kappa shape index (κ3) is 5.76. The van der Waals surface area contributed by atoms with E-state index >= 15 is 0 Å². The molecule has 0 aliphatic rings. The summed E-state index contributed by atoms with van der Waals surface area (Å²) in [5.74, 6) is -0.247. The summed E-state index contributed by atoms with van der Waals surface area (Å²) in [7, 11) is 0. The third-order valence-corrected chi connectivity index (χ3v) is 4.47. The molecular weight excluding hydrogens is 359 g/mol. The molecule has 0 aliphatic carbocycles. The van der Waals surface area contributed by atoms with Gasteiger partial charge in [0, 0.05) is 23.7 Å². The lowest BCUT2D eigenvalue weighted by Crippen LogP contribution is -2.17. The van der Waals surface area contributed by atoms with E-state index in [4.69, 9.17) is 23.2 Å². The number of benzene rings is 2. The van der Waals surface area contributed by atoms with Crippen molar-refractivity contribution in [3.8, 4) is 0 Å². The number of hydrogen-bond donors (Lipinski definition) is 2. The molecular formula is C19H20Cl2N2O2. The molecule has 0 unspecified atom stereocenters. The van der Waals surface area contributed by atoms with E-state index < -0.39 is 0 Å². The second kappa shape index (κ2) is 8.88. The Morgan fingerprint density at radius 2 is 1.56 bits per heavy atom. The van der Waals surface area contributed by atoms with E-state index in [0.717, 1.165) is 5.56 Å². The fraction of sp³-hybridized carbons (Fsp3) is 0.263. The average molecular weight is 379 g/mol. The van der Waals surface area contributed by atoms with Crippen molar-refractivity contribution in [1.82, 2.24) is 0 Å². The van der Waals surface area contributed by atoms with Gasteiger partial charge in [0.05, 0.1) is 10.0 Å². The Labute approximate surface area is 157 Å². The van der Waals surface area contributed by atoms with Crippen LogP contribution in [0.15, 0.2) is 42.5 Å². The number of halogens is 2. The molecule has 2 rings (SSSR count). The van der Waals surface area contributed by atoms with Crippen molar-refractivity contribution in [3.63, 3.8) is 0 Å². The second-order valence-electron chi connectivity index (χ2n) is 5.98. The molecule has 0 aromatic heterocycles. The summed E-state index contributed by atoms with van der Waals surface area (Å²) in [6, 6.07) is 12.4. The Morgan fingerprint density at radius 3 is 2.16 bits per heavy atom. The molecule has 0 heterocycles. The van der Waals surface area contributed by atoms with E-state index in [-0.39, 0.29) is 17.7 Å².